The van der Waals surface area contributed by atoms with Crippen molar-refractivity contribution in [2.24, 2.45) is 4.99 Å². The highest BCUT2D eigenvalue weighted by molar-refractivity contribution is 6.30. The molecular formula is C13H18ClN3. The summed E-state index contributed by atoms with van der Waals surface area (Å²) in [4.78, 5) is 4.54. The van der Waals surface area contributed by atoms with E-state index in [1.807, 2.05) is 24.3 Å². The van der Waals surface area contributed by atoms with Gasteiger partial charge in [0.15, 0.2) is 5.96 Å². The van der Waals surface area contributed by atoms with Crippen LogP contribution in [0.25, 0.3) is 0 Å². The van der Waals surface area contributed by atoms with E-state index in [0.29, 0.717) is 12.6 Å². The molecule has 0 amide bonds. The van der Waals surface area contributed by atoms with Crippen molar-refractivity contribution in [2.75, 3.05) is 6.54 Å². The molecule has 0 radical (unpaired) electrons. The quantitative estimate of drug-likeness (QED) is 0.637. The minimum atomic E-state index is 0.623. The van der Waals surface area contributed by atoms with Crippen molar-refractivity contribution < 1.29 is 0 Å². The number of nitrogens with one attached hydrogen (secondary N) is 2. The molecule has 92 valence electrons. The van der Waals surface area contributed by atoms with Crippen LogP contribution in [-0.2, 0) is 6.54 Å². The molecule has 0 bridgehead atoms. The van der Waals surface area contributed by atoms with Crippen LogP contribution in [0.2, 0.25) is 5.02 Å². The standard InChI is InChI=1S/C13H18ClN3/c1-2-15-13(17-12-7-8-12)16-9-10-3-5-11(14)6-4-10/h3-6,12H,2,7-9H2,1H3,(H2,15,16,17). The van der Waals surface area contributed by atoms with Crippen LogP contribution in [0.5, 0.6) is 0 Å². The molecule has 3 nitrogen and oxygen atoms in total. The maximum atomic E-state index is 5.84. The van der Waals surface area contributed by atoms with Crippen LogP contribution in [0.15, 0.2) is 29.3 Å². The van der Waals surface area contributed by atoms with E-state index in [1.165, 1.54) is 18.4 Å². The fourth-order valence-electron chi connectivity index (χ4n) is 1.50. The van der Waals surface area contributed by atoms with Gasteiger partial charge in [-0.2, -0.15) is 0 Å². The van der Waals surface area contributed by atoms with Gasteiger partial charge in [0, 0.05) is 17.6 Å². The van der Waals surface area contributed by atoms with Crippen molar-refractivity contribution in [3.05, 3.63) is 34.9 Å². The molecule has 1 saturated carbocycles. The number of hydrogen-bond donors (Lipinski definition) is 2. The van der Waals surface area contributed by atoms with Gasteiger partial charge in [-0.05, 0) is 37.5 Å². The van der Waals surface area contributed by atoms with Crippen LogP contribution in [0.1, 0.15) is 25.3 Å². The SMILES string of the molecule is CCNC(=NCc1ccc(Cl)cc1)NC1CC1. The van der Waals surface area contributed by atoms with E-state index in [-0.39, 0.29) is 0 Å². The molecule has 0 heterocycles. The Kier molecular flexibility index (Phi) is 4.26. The fourth-order valence-corrected chi connectivity index (χ4v) is 1.63. The molecule has 0 saturated heterocycles. The van der Waals surface area contributed by atoms with Gasteiger partial charge >= 0.3 is 0 Å². The van der Waals surface area contributed by atoms with Crippen LogP contribution >= 0.6 is 11.6 Å². The van der Waals surface area contributed by atoms with E-state index in [9.17, 15) is 0 Å². The molecule has 2 N–H and O–H groups in total. The molecule has 1 aliphatic rings. The molecule has 0 aromatic heterocycles. The Balaban J connectivity index is 1.92. The first-order valence-electron chi connectivity index (χ1n) is 6.07. The van der Waals surface area contributed by atoms with Gasteiger partial charge in [-0.1, -0.05) is 23.7 Å². The van der Waals surface area contributed by atoms with Crippen LogP contribution in [0.4, 0.5) is 0 Å². The molecule has 1 fully saturated rings. The largest absolute Gasteiger partial charge is 0.357 e. The molecule has 1 aliphatic carbocycles. The number of hydrogen-bond acceptors (Lipinski definition) is 1. The third-order valence-corrected chi connectivity index (χ3v) is 2.85. The average Bonchev–Trinajstić information content (AvgIpc) is 3.12. The smallest absolute Gasteiger partial charge is 0.191 e. The lowest BCUT2D eigenvalue weighted by molar-refractivity contribution is 0.812. The number of rotatable bonds is 4. The molecule has 1 aromatic carbocycles. The Labute approximate surface area is 107 Å². The Hall–Kier alpha value is -1.22. The van der Waals surface area contributed by atoms with Gasteiger partial charge in [0.2, 0.25) is 0 Å². The molecule has 1 aromatic rings. The number of nitrogens with zero attached hydrogens (tertiary/aromatic N) is 1. The van der Waals surface area contributed by atoms with E-state index in [1.54, 1.807) is 0 Å². The number of halogens is 1. The Morgan fingerprint density at radius 2 is 2.06 bits per heavy atom. The van der Waals surface area contributed by atoms with Crippen LogP contribution in [-0.4, -0.2) is 18.5 Å². The highest BCUT2D eigenvalue weighted by Crippen LogP contribution is 2.18. The van der Waals surface area contributed by atoms with Crippen molar-refractivity contribution in [1.29, 1.82) is 0 Å². The molecule has 0 aliphatic heterocycles. The van der Waals surface area contributed by atoms with E-state index in [4.69, 9.17) is 11.6 Å². The van der Waals surface area contributed by atoms with Crippen LogP contribution < -0.4 is 10.6 Å². The molecule has 2 rings (SSSR count). The van der Waals surface area contributed by atoms with E-state index in [2.05, 4.69) is 22.5 Å². The Bertz CT molecular complexity index is 382. The Morgan fingerprint density at radius 3 is 2.65 bits per heavy atom. The summed E-state index contributed by atoms with van der Waals surface area (Å²) in [6, 6.07) is 8.43. The molecule has 0 spiro atoms. The summed E-state index contributed by atoms with van der Waals surface area (Å²) >= 11 is 5.84. The minimum absolute atomic E-state index is 0.623. The predicted molar refractivity (Wildman–Crippen MR) is 72.4 cm³/mol. The zero-order valence-electron chi connectivity index (χ0n) is 10.0. The lowest BCUT2D eigenvalue weighted by Crippen LogP contribution is -2.38. The molecule has 4 heteroatoms. The summed E-state index contributed by atoms with van der Waals surface area (Å²) in [6.45, 7) is 3.64. The van der Waals surface area contributed by atoms with Crippen LogP contribution in [0, 0.1) is 0 Å². The monoisotopic (exact) mass is 251 g/mol. The number of aliphatic imine (C=N–C) groups is 1. The topological polar surface area (TPSA) is 36.4 Å². The highest BCUT2D eigenvalue weighted by Gasteiger charge is 2.21. The molecule has 17 heavy (non-hydrogen) atoms. The van der Waals surface area contributed by atoms with E-state index < -0.39 is 0 Å². The highest BCUT2D eigenvalue weighted by atomic mass is 35.5. The van der Waals surface area contributed by atoms with Gasteiger partial charge in [-0.15, -0.1) is 0 Å². The van der Waals surface area contributed by atoms with Crippen LogP contribution in [0.3, 0.4) is 0 Å². The average molecular weight is 252 g/mol. The van der Waals surface area contributed by atoms with E-state index >= 15 is 0 Å². The van der Waals surface area contributed by atoms with Crippen molar-refractivity contribution in [3.8, 4) is 0 Å². The zero-order valence-corrected chi connectivity index (χ0v) is 10.8. The first-order valence-corrected chi connectivity index (χ1v) is 6.45. The first-order chi connectivity index (χ1) is 8.28. The molecule has 0 unspecified atom stereocenters. The summed E-state index contributed by atoms with van der Waals surface area (Å²) in [5.74, 6) is 0.907. The van der Waals surface area contributed by atoms with Gasteiger partial charge in [0.1, 0.15) is 0 Å². The third kappa shape index (κ3) is 4.27. The summed E-state index contributed by atoms with van der Waals surface area (Å²) in [6.07, 6.45) is 2.51. The summed E-state index contributed by atoms with van der Waals surface area (Å²) < 4.78 is 0. The first kappa shape index (κ1) is 12.2. The minimum Gasteiger partial charge on any atom is -0.357 e. The lowest BCUT2D eigenvalue weighted by Gasteiger charge is -2.10. The van der Waals surface area contributed by atoms with Crippen molar-refractivity contribution in [2.45, 2.75) is 32.4 Å². The van der Waals surface area contributed by atoms with Crippen molar-refractivity contribution in [1.82, 2.24) is 10.6 Å². The lowest BCUT2D eigenvalue weighted by atomic mass is 10.2. The number of guanidine groups is 1. The second-order valence-corrected chi connectivity index (χ2v) is 4.68. The fraction of sp³-hybridized carbons (Fsp3) is 0.462. The zero-order chi connectivity index (χ0) is 12.1. The summed E-state index contributed by atoms with van der Waals surface area (Å²) in [5.41, 5.74) is 1.17. The third-order valence-electron chi connectivity index (χ3n) is 2.60. The van der Waals surface area contributed by atoms with E-state index in [0.717, 1.165) is 17.5 Å². The van der Waals surface area contributed by atoms with Gasteiger partial charge in [0.05, 0.1) is 6.54 Å². The van der Waals surface area contributed by atoms with Crippen molar-refractivity contribution >= 4 is 17.6 Å². The Morgan fingerprint density at radius 1 is 1.35 bits per heavy atom. The van der Waals surface area contributed by atoms with Gasteiger partial charge in [0.25, 0.3) is 0 Å². The summed E-state index contributed by atoms with van der Waals surface area (Å²) in [5, 5.41) is 7.40. The molecule has 0 atom stereocenters. The molecular weight excluding hydrogens is 234 g/mol. The maximum Gasteiger partial charge on any atom is 0.191 e. The maximum absolute atomic E-state index is 5.84. The second-order valence-electron chi connectivity index (χ2n) is 4.24. The normalized spacial score (nSPS) is 15.8. The van der Waals surface area contributed by atoms with Crippen molar-refractivity contribution in [3.63, 3.8) is 0 Å². The summed E-state index contributed by atoms with van der Waals surface area (Å²) in [7, 11) is 0. The number of benzene rings is 1. The van der Waals surface area contributed by atoms with Gasteiger partial charge in [-0.3, -0.25) is 0 Å². The second kappa shape index (κ2) is 5.92. The van der Waals surface area contributed by atoms with Gasteiger partial charge in [-0.25, -0.2) is 4.99 Å². The van der Waals surface area contributed by atoms with Gasteiger partial charge < -0.3 is 10.6 Å². The predicted octanol–water partition coefficient (Wildman–Crippen LogP) is 2.56.